The fourth-order valence-electron chi connectivity index (χ4n) is 7.09. The quantitative estimate of drug-likeness (QED) is 0.415. The summed E-state index contributed by atoms with van der Waals surface area (Å²) in [5.41, 5.74) is 3.52. The van der Waals surface area contributed by atoms with Gasteiger partial charge in [-0.25, -0.2) is 4.68 Å². The number of para-hydroxylation sites is 1. The van der Waals surface area contributed by atoms with Crippen LogP contribution in [0.5, 0.6) is 0 Å². The summed E-state index contributed by atoms with van der Waals surface area (Å²) in [6.07, 6.45) is 12.2. The van der Waals surface area contributed by atoms with Crippen molar-refractivity contribution in [3.05, 3.63) is 52.7 Å². The van der Waals surface area contributed by atoms with Crippen LogP contribution in [0.3, 0.4) is 0 Å². The monoisotopic (exact) mass is 463 g/mol. The number of aromatic nitrogens is 2. The maximum Gasteiger partial charge on any atom is 0.266 e. The molecule has 1 aromatic heterocycles. The predicted octanol–water partition coefficient (Wildman–Crippen LogP) is 5.95. The van der Waals surface area contributed by atoms with Gasteiger partial charge in [-0.05, 0) is 88.3 Å². The molecule has 1 aliphatic heterocycles. The first-order chi connectivity index (χ1) is 15.4. The van der Waals surface area contributed by atoms with Crippen LogP contribution in [0.25, 0.3) is 11.8 Å². The zero-order valence-electron chi connectivity index (χ0n) is 18.7. The SMILES string of the molecule is CC(C)N1C(=O)/C(=C/c2cn(-c3ccccc3)nc2C23CC4CC(CC(C4)C2)C3)SC1=S. The molecule has 166 valence electrons. The normalized spacial score (nSPS) is 32.7. The van der Waals surface area contributed by atoms with Crippen molar-refractivity contribution < 1.29 is 4.79 Å². The summed E-state index contributed by atoms with van der Waals surface area (Å²) in [6.45, 7) is 4.03. The van der Waals surface area contributed by atoms with Crippen LogP contribution in [0.2, 0.25) is 0 Å². The minimum atomic E-state index is 0.0268. The Morgan fingerprint density at radius 3 is 2.28 bits per heavy atom. The summed E-state index contributed by atoms with van der Waals surface area (Å²) in [7, 11) is 0. The topological polar surface area (TPSA) is 38.1 Å². The zero-order valence-corrected chi connectivity index (χ0v) is 20.3. The lowest BCUT2D eigenvalue weighted by Crippen LogP contribution is -2.49. The van der Waals surface area contributed by atoms with Gasteiger partial charge in [0.05, 0.1) is 16.3 Å². The summed E-state index contributed by atoms with van der Waals surface area (Å²) < 4.78 is 2.67. The highest BCUT2D eigenvalue weighted by Gasteiger charge is 2.53. The molecular formula is C26H29N3OS2. The first-order valence-corrected chi connectivity index (χ1v) is 13.1. The lowest BCUT2D eigenvalue weighted by atomic mass is 9.48. The van der Waals surface area contributed by atoms with Crippen LogP contribution in [-0.2, 0) is 10.2 Å². The number of hydrogen-bond donors (Lipinski definition) is 0. The third kappa shape index (κ3) is 3.29. The maximum atomic E-state index is 13.1. The Hall–Kier alpha value is -1.92. The molecule has 0 radical (unpaired) electrons. The van der Waals surface area contributed by atoms with E-state index in [1.165, 1.54) is 56.0 Å². The number of nitrogens with zero attached hydrogens (tertiary/aromatic N) is 3. The van der Waals surface area contributed by atoms with E-state index in [4.69, 9.17) is 17.3 Å². The van der Waals surface area contributed by atoms with Gasteiger partial charge in [0.2, 0.25) is 0 Å². The lowest BCUT2D eigenvalue weighted by molar-refractivity contribution is -0.123. The van der Waals surface area contributed by atoms with Gasteiger partial charge < -0.3 is 0 Å². The second-order valence-electron chi connectivity index (χ2n) is 10.6. The zero-order chi connectivity index (χ0) is 22.0. The van der Waals surface area contributed by atoms with Crippen molar-refractivity contribution in [3.63, 3.8) is 0 Å². The molecule has 7 rings (SSSR count). The highest BCUT2D eigenvalue weighted by atomic mass is 32.2. The molecule has 5 aliphatic rings. The molecule has 2 aromatic rings. The molecule has 0 spiro atoms. The van der Waals surface area contributed by atoms with Crippen molar-refractivity contribution in [2.24, 2.45) is 17.8 Å². The van der Waals surface area contributed by atoms with Crippen LogP contribution in [-0.4, -0.2) is 30.9 Å². The molecule has 6 heteroatoms. The average Bonchev–Trinajstić information content (AvgIpc) is 3.29. The van der Waals surface area contributed by atoms with Gasteiger partial charge in [0.1, 0.15) is 4.32 Å². The van der Waals surface area contributed by atoms with Crippen LogP contribution >= 0.6 is 24.0 Å². The number of thioether (sulfide) groups is 1. The molecule has 4 nitrogen and oxygen atoms in total. The lowest BCUT2D eigenvalue weighted by Gasteiger charge is -2.56. The Balaban J connectivity index is 1.46. The predicted molar refractivity (Wildman–Crippen MR) is 134 cm³/mol. The molecule has 4 saturated carbocycles. The van der Waals surface area contributed by atoms with Crippen molar-refractivity contribution in [2.75, 3.05) is 0 Å². The number of carbonyl (C=O) groups is 1. The van der Waals surface area contributed by atoms with E-state index in [0.717, 1.165) is 33.9 Å². The summed E-state index contributed by atoms with van der Waals surface area (Å²) >= 11 is 6.95. The van der Waals surface area contributed by atoms with Crippen LogP contribution in [0.15, 0.2) is 41.4 Å². The van der Waals surface area contributed by atoms with Crippen molar-refractivity contribution in [1.29, 1.82) is 0 Å². The van der Waals surface area contributed by atoms with Gasteiger partial charge in [0.15, 0.2) is 0 Å². The first-order valence-electron chi connectivity index (χ1n) is 11.8. The summed E-state index contributed by atoms with van der Waals surface area (Å²) in [5.74, 6) is 2.55. The molecule has 4 bridgehead atoms. The van der Waals surface area contributed by atoms with E-state index in [1.54, 1.807) is 4.90 Å². The van der Waals surface area contributed by atoms with E-state index in [2.05, 4.69) is 36.5 Å². The van der Waals surface area contributed by atoms with Crippen molar-refractivity contribution in [3.8, 4) is 5.69 Å². The Morgan fingerprint density at radius 2 is 1.72 bits per heavy atom. The summed E-state index contributed by atoms with van der Waals surface area (Å²) in [6, 6.07) is 10.4. The van der Waals surface area contributed by atoms with Gasteiger partial charge in [-0.15, -0.1) is 0 Å². The van der Waals surface area contributed by atoms with E-state index in [9.17, 15) is 4.79 Å². The number of thiocarbonyl (C=S) groups is 1. The van der Waals surface area contributed by atoms with Crippen LogP contribution in [0.1, 0.15) is 63.6 Å². The minimum Gasteiger partial charge on any atom is -0.290 e. The number of rotatable bonds is 4. The van der Waals surface area contributed by atoms with E-state index in [-0.39, 0.29) is 17.4 Å². The largest absolute Gasteiger partial charge is 0.290 e. The Labute approximate surface area is 199 Å². The Morgan fingerprint density at radius 1 is 1.09 bits per heavy atom. The van der Waals surface area contributed by atoms with Crippen molar-refractivity contribution in [2.45, 2.75) is 63.8 Å². The standard InChI is InChI=1S/C26H29N3OS2/c1-16(2)29-24(30)22(32-25(29)31)11-20-15-28(21-6-4-3-5-7-21)27-23(20)26-12-17-8-18(13-26)10-19(9-17)14-26/h3-7,11,15-19H,8-10,12-14H2,1-2H3/b22-11-. The molecule has 1 saturated heterocycles. The Kier molecular flexibility index (Phi) is 4.88. The van der Waals surface area contributed by atoms with Gasteiger partial charge in [0.25, 0.3) is 5.91 Å². The number of amides is 1. The molecule has 0 N–H and O–H groups in total. The molecule has 0 unspecified atom stereocenters. The molecule has 32 heavy (non-hydrogen) atoms. The highest BCUT2D eigenvalue weighted by molar-refractivity contribution is 8.26. The smallest absolute Gasteiger partial charge is 0.266 e. The third-order valence-electron chi connectivity index (χ3n) is 7.93. The third-order valence-corrected chi connectivity index (χ3v) is 9.26. The van der Waals surface area contributed by atoms with Crippen molar-refractivity contribution >= 4 is 40.3 Å². The Bertz CT molecular complexity index is 1080. The van der Waals surface area contributed by atoms with E-state index in [1.807, 2.05) is 24.6 Å². The van der Waals surface area contributed by atoms with Gasteiger partial charge >= 0.3 is 0 Å². The maximum absolute atomic E-state index is 13.1. The molecule has 1 amide bonds. The summed E-state index contributed by atoms with van der Waals surface area (Å²) in [4.78, 5) is 15.6. The second kappa shape index (κ2) is 7.56. The van der Waals surface area contributed by atoms with Crippen LogP contribution in [0, 0.1) is 17.8 Å². The van der Waals surface area contributed by atoms with Gasteiger partial charge in [0, 0.05) is 23.2 Å². The molecular weight excluding hydrogens is 434 g/mol. The second-order valence-corrected chi connectivity index (χ2v) is 12.2. The van der Waals surface area contributed by atoms with Gasteiger partial charge in [-0.2, -0.15) is 5.10 Å². The van der Waals surface area contributed by atoms with E-state index >= 15 is 0 Å². The molecule has 0 atom stereocenters. The average molecular weight is 464 g/mol. The van der Waals surface area contributed by atoms with Crippen LogP contribution < -0.4 is 0 Å². The van der Waals surface area contributed by atoms with Crippen molar-refractivity contribution in [1.82, 2.24) is 14.7 Å². The number of hydrogen-bond acceptors (Lipinski definition) is 4. The first kappa shape index (κ1) is 20.7. The number of benzene rings is 1. The number of carbonyl (C=O) groups excluding carboxylic acids is 1. The van der Waals surface area contributed by atoms with Gasteiger partial charge in [-0.1, -0.05) is 42.2 Å². The van der Waals surface area contributed by atoms with E-state index in [0.29, 0.717) is 4.32 Å². The molecule has 4 aliphatic carbocycles. The fraction of sp³-hybridized carbons (Fsp3) is 0.500. The fourth-order valence-corrected chi connectivity index (χ4v) is 8.60. The molecule has 2 heterocycles. The van der Waals surface area contributed by atoms with Gasteiger partial charge in [-0.3, -0.25) is 9.69 Å². The van der Waals surface area contributed by atoms with Crippen LogP contribution in [0.4, 0.5) is 0 Å². The summed E-state index contributed by atoms with van der Waals surface area (Å²) in [5, 5.41) is 5.22. The van der Waals surface area contributed by atoms with E-state index < -0.39 is 0 Å². The molecule has 1 aromatic carbocycles. The highest BCUT2D eigenvalue weighted by Crippen LogP contribution is 2.61. The minimum absolute atomic E-state index is 0.0268. The molecule has 5 fully saturated rings.